The Kier molecular flexibility index (Phi) is 3.58. The van der Waals surface area contributed by atoms with Crippen LogP contribution in [-0.2, 0) is 0 Å². The maximum Gasteiger partial charge on any atom is 0.119 e. The summed E-state index contributed by atoms with van der Waals surface area (Å²) >= 11 is 0. The Balaban J connectivity index is 2.50. The van der Waals surface area contributed by atoms with Gasteiger partial charge in [0.05, 0.1) is 0 Å². The molecule has 1 unspecified atom stereocenters. The third kappa shape index (κ3) is 2.49. The van der Waals surface area contributed by atoms with E-state index in [0.29, 0.717) is 0 Å². The van der Waals surface area contributed by atoms with Gasteiger partial charge >= 0.3 is 0 Å². The lowest BCUT2D eigenvalue weighted by Gasteiger charge is -2.16. The van der Waals surface area contributed by atoms with Crippen molar-refractivity contribution in [1.29, 1.82) is 0 Å². The minimum Gasteiger partial charge on any atom is -0.508 e. The number of hydrogen-bond donors (Lipinski definition) is 2. The van der Waals surface area contributed by atoms with Gasteiger partial charge in [-0.15, -0.1) is 9.24 Å². The highest BCUT2D eigenvalue weighted by Gasteiger charge is 2.16. The van der Waals surface area contributed by atoms with Crippen molar-refractivity contribution < 1.29 is 10.2 Å². The molecule has 0 saturated heterocycles. The van der Waals surface area contributed by atoms with Crippen LogP contribution in [0.25, 0.3) is 0 Å². The van der Waals surface area contributed by atoms with Crippen molar-refractivity contribution >= 4 is 9.24 Å². The van der Waals surface area contributed by atoms with Gasteiger partial charge in [0.15, 0.2) is 0 Å². The van der Waals surface area contributed by atoms with Crippen LogP contribution in [0.2, 0.25) is 0 Å². The first-order chi connectivity index (χ1) is 8.49. The highest BCUT2D eigenvalue weighted by Crippen LogP contribution is 2.40. The number of hydrogen-bond acceptors (Lipinski definition) is 2. The number of phenols is 2. The molecule has 2 nitrogen and oxygen atoms in total. The lowest BCUT2D eigenvalue weighted by molar-refractivity contribution is 0.462. The van der Waals surface area contributed by atoms with E-state index in [9.17, 15) is 10.2 Å². The highest BCUT2D eigenvalue weighted by molar-refractivity contribution is 7.17. The second-order valence-electron chi connectivity index (χ2n) is 4.60. The first-order valence-corrected chi connectivity index (χ1v) is 6.50. The van der Waals surface area contributed by atoms with Gasteiger partial charge in [0.25, 0.3) is 0 Å². The van der Waals surface area contributed by atoms with Crippen molar-refractivity contribution in [2.24, 2.45) is 0 Å². The van der Waals surface area contributed by atoms with Gasteiger partial charge in [0.1, 0.15) is 11.5 Å². The van der Waals surface area contributed by atoms with Crippen molar-refractivity contribution in [2.75, 3.05) is 0 Å². The summed E-state index contributed by atoms with van der Waals surface area (Å²) in [6, 6.07) is 11.0. The van der Waals surface area contributed by atoms with E-state index in [2.05, 4.69) is 9.24 Å². The van der Waals surface area contributed by atoms with Crippen LogP contribution in [-0.4, -0.2) is 10.2 Å². The van der Waals surface area contributed by atoms with Crippen molar-refractivity contribution in [1.82, 2.24) is 0 Å². The first kappa shape index (κ1) is 12.9. The average molecular weight is 260 g/mol. The minimum atomic E-state index is -0.121. The summed E-state index contributed by atoms with van der Waals surface area (Å²) in [5.41, 5.74) is 3.66. The molecule has 0 heterocycles. The quantitative estimate of drug-likeness (QED) is 0.809. The lowest BCUT2D eigenvalue weighted by Crippen LogP contribution is -1.95. The van der Waals surface area contributed by atoms with Crippen molar-refractivity contribution in [2.45, 2.75) is 19.5 Å². The van der Waals surface area contributed by atoms with Crippen LogP contribution in [0.4, 0.5) is 0 Å². The molecule has 2 aromatic rings. The molecule has 0 spiro atoms. The fourth-order valence-electron chi connectivity index (χ4n) is 2.01. The van der Waals surface area contributed by atoms with E-state index in [0.717, 1.165) is 22.3 Å². The minimum absolute atomic E-state index is 0.121. The molecule has 1 atom stereocenters. The molecule has 18 heavy (non-hydrogen) atoms. The van der Waals surface area contributed by atoms with Crippen LogP contribution >= 0.6 is 9.24 Å². The molecule has 2 rings (SSSR count). The molecule has 0 aliphatic rings. The molecule has 0 fully saturated rings. The maximum absolute atomic E-state index is 9.93. The zero-order valence-electron chi connectivity index (χ0n) is 10.5. The number of aromatic hydroxyl groups is 2. The molecule has 0 aromatic heterocycles. The molecule has 2 N–H and O–H groups in total. The second-order valence-corrected chi connectivity index (χ2v) is 5.27. The number of phenolic OH excluding ortho intramolecular Hbond substituents is 2. The monoisotopic (exact) mass is 260 g/mol. The van der Waals surface area contributed by atoms with E-state index in [4.69, 9.17) is 0 Å². The summed E-state index contributed by atoms with van der Waals surface area (Å²) in [5, 5.41) is 19.9. The van der Waals surface area contributed by atoms with Crippen molar-refractivity contribution in [3.8, 4) is 11.5 Å². The lowest BCUT2D eigenvalue weighted by atomic mass is 9.99. The standard InChI is InChI=1S/C15H17O2P/c1-9-3-5-13(16)11(7-9)15(18)12-8-10(2)4-6-14(12)17/h3-8,15-17H,18H2,1-2H3. The molecule has 0 saturated carbocycles. The fourth-order valence-corrected chi connectivity index (χ4v) is 2.55. The van der Waals surface area contributed by atoms with Gasteiger partial charge < -0.3 is 10.2 Å². The van der Waals surface area contributed by atoms with Crippen LogP contribution in [0.1, 0.15) is 27.9 Å². The Bertz CT molecular complexity index is 527. The largest absolute Gasteiger partial charge is 0.508 e. The molecule has 0 aliphatic carbocycles. The molecule has 3 heteroatoms. The molecule has 0 amide bonds. The van der Waals surface area contributed by atoms with E-state index in [1.165, 1.54) is 0 Å². The van der Waals surface area contributed by atoms with Gasteiger partial charge in [-0.2, -0.15) is 0 Å². The van der Waals surface area contributed by atoms with Gasteiger partial charge in [-0.05, 0) is 26.0 Å². The van der Waals surface area contributed by atoms with E-state index in [-0.39, 0.29) is 17.2 Å². The van der Waals surface area contributed by atoms with Crippen molar-refractivity contribution in [3.63, 3.8) is 0 Å². The highest BCUT2D eigenvalue weighted by atomic mass is 31.0. The molecular formula is C15H17O2P. The Morgan fingerprint density at radius 1 is 0.833 bits per heavy atom. The normalized spacial score (nSPS) is 10.9. The van der Waals surface area contributed by atoms with Gasteiger partial charge in [-0.3, -0.25) is 0 Å². The summed E-state index contributed by atoms with van der Waals surface area (Å²) < 4.78 is 0. The number of aryl methyl sites for hydroxylation is 2. The Morgan fingerprint density at radius 3 is 1.61 bits per heavy atom. The summed E-state index contributed by atoms with van der Waals surface area (Å²) in [7, 11) is 2.68. The fraction of sp³-hybridized carbons (Fsp3) is 0.200. The summed E-state index contributed by atoms with van der Waals surface area (Å²) in [6.45, 7) is 3.97. The van der Waals surface area contributed by atoms with E-state index in [1.54, 1.807) is 12.1 Å². The molecule has 0 aliphatic heterocycles. The second kappa shape index (κ2) is 4.99. The Hall–Kier alpha value is -1.53. The number of benzene rings is 2. The Labute approximate surface area is 110 Å². The summed E-state index contributed by atoms with van der Waals surface area (Å²) in [4.78, 5) is 0. The average Bonchev–Trinajstić information content (AvgIpc) is 2.34. The third-order valence-electron chi connectivity index (χ3n) is 3.04. The summed E-state index contributed by atoms with van der Waals surface area (Å²) in [6.07, 6.45) is 0. The molecular weight excluding hydrogens is 243 g/mol. The summed E-state index contributed by atoms with van der Waals surface area (Å²) in [5.74, 6) is 0.503. The van der Waals surface area contributed by atoms with Gasteiger partial charge in [0.2, 0.25) is 0 Å². The van der Waals surface area contributed by atoms with Crippen molar-refractivity contribution in [3.05, 3.63) is 58.7 Å². The third-order valence-corrected chi connectivity index (χ3v) is 3.75. The van der Waals surface area contributed by atoms with Gasteiger partial charge in [-0.1, -0.05) is 35.4 Å². The van der Waals surface area contributed by atoms with Crippen LogP contribution in [0.3, 0.4) is 0 Å². The van der Waals surface area contributed by atoms with Gasteiger partial charge in [0, 0.05) is 16.8 Å². The topological polar surface area (TPSA) is 40.5 Å². The van der Waals surface area contributed by atoms with Gasteiger partial charge in [-0.25, -0.2) is 0 Å². The predicted octanol–water partition coefficient (Wildman–Crippen LogP) is 3.68. The SMILES string of the molecule is Cc1ccc(O)c(C(P)c2cc(C)ccc2O)c1. The molecule has 0 radical (unpaired) electrons. The zero-order valence-corrected chi connectivity index (χ0v) is 11.7. The molecule has 0 bridgehead atoms. The van der Waals surface area contributed by atoms with Crippen LogP contribution in [0.5, 0.6) is 11.5 Å². The maximum atomic E-state index is 9.93. The van der Waals surface area contributed by atoms with Crippen LogP contribution < -0.4 is 0 Å². The predicted molar refractivity (Wildman–Crippen MR) is 77.2 cm³/mol. The van der Waals surface area contributed by atoms with Crippen LogP contribution in [0.15, 0.2) is 36.4 Å². The smallest absolute Gasteiger partial charge is 0.119 e. The van der Waals surface area contributed by atoms with E-state index < -0.39 is 0 Å². The molecule has 2 aromatic carbocycles. The number of rotatable bonds is 2. The zero-order chi connectivity index (χ0) is 13.3. The van der Waals surface area contributed by atoms with Crippen LogP contribution in [0, 0.1) is 13.8 Å². The Morgan fingerprint density at radius 2 is 1.22 bits per heavy atom. The first-order valence-electron chi connectivity index (χ1n) is 5.83. The molecule has 94 valence electrons. The van der Waals surface area contributed by atoms with E-state index in [1.807, 2.05) is 38.1 Å². The van der Waals surface area contributed by atoms with E-state index >= 15 is 0 Å².